The lowest BCUT2D eigenvalue weighted by Crippen LogP contribution is -2.11. The topological polar surface area (TPSA) is 56.3 Å². The van der Waals surface area contributed by atoms with Crippen molar-refractivity contribution in [1.82, 2.24) is 4.98 Å². The lowest BCUT2D eigenvalue weighted by molar-refractivity contribution is -0.141. The maximum atomic E-state index is 11.9. The van der Waals surface area contributed by atoms with Crippen molar-refractivity contribution < 1.29 is 14.3 Å². The largest absolute Gasteiger partial charge is 0.466 e. The van der Waals surface area contributed by atoms with Crippen LogP contribution in [-0.4, -0.2) is 23.3 Å². The SMILES string of the molecule is CCOC(=O)CC(=O)c1ccc2ncccc2c1. The number of pyridine rings is 1. The molecule has 0 aliphatic heterocycles. The first kappa shape index (κ1) is 12.2. The van der Waals surface area contributed by atoms with Gasteiger partial charge in [0.25, 0.3) is 0 Å². The molecule has 0 saturated carbocycles. The number of esters is 1. The lowest BCUT2D eigenvalue weighted by Gasteiger charge is -2.03. The molecular formula is C14H13NO3. The molecule has 4 nitrogen and oxygen atoms in total. The summed E-state index contributed by atoms with van der Waals surface area (Å²) >= 11 is 0. The van der Waals surface area contributed by atoms with Crippen LogP contribution < -0.4 is 0 Å². The third-order valence-electron chi connectivity index (χ3n) is 2.54. The second-order valence-electron chi connectivity index (χ2n) is 3.82. The van der Waals surface area contributed by atoms with Crippen molar-refractivity contribution >= 4 is 22.7 Å². The molecule has 0 N–H and O–H groups in total. The molecule has 18 heavy (non-hydrogen) atoms. The molecule has 1 aromatic heterocycles. The first-order chi connectivity index (χ1) is 8.70. The maximum absolute atomic E-state index is 11.9. The maximum Gasteiger partial charge on any atom is 0.313 e. The van der Waals surface area contributed by atoms with Crippen molar-refractivity contribution in [2.45, 2.75) is 13.3 Å². The van der Waals surface area contributed by atoms with Crippen LogP contribution in [0.15, 0.2) is 36.5 Å². The first-order valence-electron chi connectivity index (χ1n) is 5.74. The number of carbonyl (C=O) groups excluding carboxylic acids is 2. The molecule has 1 heterocycles. The number of Topliss-reactive ketones (excluding diaryl/α,β-unsaturated/α-hetero) is 1. The molecular weight excluding hydrogens is 230 g/mol. The Morgan fingerprint density at radius 3 is 2.89 bits per heavy atom. The third-order valence-corrected chi connectivity index (χ3v) is 2.54. The van der Waals surface area contributed by atoms with Crippen molar-refractivity contribution in [3.63, 3.8) is 0 Å². The highest BCUT2D eigenvalue weighted by Crippen LogP contribution is 2.14. The van der Waals surface area contributed by atoms with Gasteiger partial charge in [-0.05, 0) is 31.2 Å². The summed E-state index contributed by atoms with van der Waals surface area (Å²) in [5, 5.41) is 0.882. The van der Waals surface area contributed by atoms with E-state index in [4.69, 9.17) is 4.74 Å². The molecule has 0 fully saturated rings. The predicted octanol–water partition coefficient (Wildman–Crippen LogP) is 2.37. The van der Waals surface area contributed by atoms with E-state index in [0.29, 0.717) is 5.56 Å². The summed E-state index contributed by atoms with van der Waals surface area (Å²) in [6.07, 6.45) is 1.47. The van der Waals surface area contributed by atoms with Crippen LogP contribution in [-0.2, 0) is 9.53 Å². The minimum absolute atomic E-state index is 0.223. The van der Waals surface area contributed by atoms with E-state index in [0.717, 1.165) is 10.9 Å². The highest BCUT2D eigenvalue weighted by atomic mass is 16.5. The Morgan fingerprint density at radius 2 is 2.11 bits per heavy atom. The Hall–Kier alpha value is -2.23. The summed E-state index contributed by atoms with van der Waals surface area (Å²) in [4.78, 5) is 27.3. The van der Waals surface area contributed by atoms with Gasteiger partial charge in [0.15, 0.2) is 5.78 Å². The number of hydrogen-bond donors (Lipinski definition) is 0. The predicted molar refractivity (Wildman–Crippen MR) is 67.3 cm³/mol. The molecule has 1 aromatic carbocycles. The molecule has 0 spiro atoms. The Kier molecular flexibility index (Phi) is 3.67. The van der Waals surface area contributed by atoms with Gasteiger partial charge in [-0.2, -0.15) is 0 Å². The van der Waals surface area contributed by atoms with Crippen LogP contribution in [0.3, 0.4) is 0 Å². The number of rotatable bonds is 4. The average Bonchev–Trinajstić information content (AvgIpc) is 2.38. The van der Waals surface area contributed by atoms with Crippen LogP contribution in [0.2, 0.25) is 0 Å². The van der Waals surface area contributed by atoms with E-state index in [1.165, 1.54) is 0 Å². The molecule has 2 rings (SSSR count). The van der Waals surface area contributed by atoms with Gasteiger partial charge in [0, 0.05) is 17.1 Å². The molecule has 2 aromatic rings. The smallest absolute Gasteiger partial charge is 0.313 e. The van der Waals surface area contributed by atoms with E-state index in [9.17, 15) is 9.59 Å². The van der Waals surface area contributed by atoms with Gasteiger partial charge in [-0.15, -0.1) is 0 Å². The van der Waals surface area contributed by atoms with Crippen molar-refractivity contribution in [2.24, 2.45) is 0 Å². The molecule has 0 aliphatic rings. The standard InChI is InChI=1S/C14H13NO3/c1-2-18-14(17)9-13(16)11-5-6-12-10(8-11)4-3-7-15-12/h3-8H,2,9H2,1H3. The van der Waals surface area contributed by atoms with Gasteiger partial charge in [-0.25, -0.2) is 0 Å². The van der Waals surface area contributed by atoms with Gasteiger partial charge in [0.2, 0.25) is 0 Å². The molecule has 0 radical (unpaired) electrons. The zero-order valence-corrected chi connectivity index (χ0v) is 10.1. The van der Waals surface area contributed by atoms with E-state index in [1.807, 2.05) is 12.1 Å². The van der Waals surface area contributed by atoms with Crippen LogP contribution in [0.4, 0.5) is 0 Å². The number of ketones is 1. The number of benzene rings is 1. The summed E-state index contributed by atoms with van der Waals surface area (Å²) in [5.41, 5.74) is 1.33. The number of ether oxygens (including phenoxy) is 1. The van der Waals surface area contributed by atoms with Crippen LogP contribution in [0.25, 0.3) is 10.9 Å². The highest BCUT2D eigenvalue weighted by molar-refractivity contribution is 6.07. The summed E-state index contributed by atoms with van der Waals surface area (Å²) in [6.45, 7) is 2.00. The highest BCUT2D eigenvalue weighted by Gasteiger charge is 2.12. The molecule has 0 unspecified atom stereocenters. The van der Waals surface area contributed by atoms with Crippen LogP contribution in [0.1, 0.15) is 23.7 Å². The van der Waals surface area contributed by atoms with E-state index >= 15 is 0 Å². The molecule has 0 saturated heterocycles. The Labute approximate surface area is 105 Å². The summed E-state index contributed by atoms with van der Waals surface area (Å²) in [7, 11) is 0. The zero-order valence-electron chi connectivity index (χ0n) is 10.1. The quantitative estimate of drug-likeness (QED) is 0.470. The van der Waals surface area contributed by atoms with Crippen molar-refractivity contribution in [1.29, 1.82) is 0 Å². The Morgan fingerprint density at radius 1 is 1.28 bits per heavy atom. The fourth-order valence-corrected chi connectivity index (χ4v) is 1.69. The number of aromatic nitrogens is 1. The monoisotopic (exact) mass is 243 g/mol. The molecule has 4 heteroatoms. The van der Waals surface area contributed by atoms with Gasteiger partial charge in [-0.1, -0.05) is 6.07 Å². The second-order valence-corrected chi connectivity index (χ2v) is 3.82. The Balaban J connectivity index is 2.20. The molecule has 0 amide bonds. The minimum Gasteiger partial charge on any atom is -0.466 e. The molecule has 0 aliphatic carbocycles. The first-order valence-corrected chi connectivity index (χ1v) is 5.74. The summed E-state index contributed by atoms with van der Waals surface area (Å²) in [5.74, 6) is -0.729. The number of carbonyl (C=O) groups is 2. The summed E-state index contributed by atoms with van der Waals surface area (Å²) < 4.78 is 4.75. The van der Waals surface area contributed by atoms with E-state index in [1.54, 1.807) is 31.3 Å². The molecule has 92 valence electrons. The van der Waals surface area contributed by atoms with Gasteiger partial charge in [0.1, 0.15) is 6.42 Å². The van der Waals surface area contributed by atoms with Crippen molar-refractivity contribution in [3.05, 3.63) is 42.1 Å². The third kappa shape index (κ3) is 2.71. The minimum atomic E-state index is -0.492. The Bertz CT molecular complexity index is 592. The van der Waals surface area contributed by atoms with Crippen molar-refractivity contribution in [2.75, 3.05) is 6.61 Å². The van der Waals surface area contributed by atoms with Gasteiger partial charge in [0.05, 0.1) is 12.1 Å². The van der Waals surface area contributed by atoms with Gasteiger partial charge < -0.3 is 4.74 Å². The van der Waals surface area contributed by atoms with Crippen molar-refractivity contribution in [3.8, 4) is 0 Å². The molecule has 0 atom stereocenters. The average molecular weight is 243 g/mol. The van der Waals surface area contributed by atoms with E-state index < -0.39 is 5.97 Å². The fraction of sp³-hybridized carbons (Fsp3) is 0.214. The number of nitrogens with zero attached hydrogens (tertiary/aromatic N) is 1. The fourth-order valence-electron chi connectivity index (χ4n) is 1.69. The van der Waals surface area contributed by atoms with Crippen LogP contribution in [0.5, 0.6) is 0 Å². The number of fused-ring (bicyclic) bond motifs is 1. The number of hydrogen-bond acceptors (Lipinski definition) is 4. The normalized spacial score (nSPS) is 10.3. The zero-order chi connectivity index (χ0) is 13.0. The van der Waals surface area contributed by atoms with Gasteiger partial charge >= 0.3 is 5.97 Å². The van der Waals surface area contributed by atoms with Crippen LogP contribution in [0, 0.1) is 0 Å². The van der Waals surface area contributed by atoms with E-state index in [-0.39, 0.29) is 18.8 Å². The van der Waals surface area contributed by atoms with Crippen LogP contribution >= 0.6 is 0 Å². The lowest BCUT2D eigenvalue weighted by atomic mass is 10.1. The van der Waals surface area contributed by atoms with Gasteiger partial charge in [-0.3, -0.25) is 14.6 Å². The molecule has 0 bridgehead atoms. The second kappa shape index (κ2) is 5.40. The van der Waals surface area contributed by atoms with E-state index in [2.05, 4.69) is 4.98 Å². The summed E-state index contributed by atoms with van der Waals surface area (Å²) in [6, 6.07) is 8.87.